The van der Waals surface area contributed by atoms with Crippen LogP contribution in [0.2, 0.25) is 0 Å². The Balaban J connectivity index is 0.00000288. The minimum absolute atomic E-state index is 0. The highest BCUT2D eigenvalue weighted by molar-refractivity contribution is 14.0. The Labute approximate surface area is 160 Å². The van der Waals surface area contributed by atoms with Crippen molar-refractivity contribution in [1.29, 1.82) is 0 Å². The van der Waals surface area contributed by atoms with Gasteiger partial charge in [0.05, 0.1) is 38.1 Å². The van der Waals surface area contributed by atoms with Crippen LogP contribution in [0.5, 0.6) is 5.88 Å². The number of aromatic nitrogens is 2. The number of ether oxygens (including phenoxy) is 2. The molecule has 9 heteroatoms. The van der Waals surface area contributed by atoms with Gasteiger partial charge in [-0.15, -0.1) is 24.0 Å². The topological polar surface area (TPSA) is 89.9 Å². The maximum absolute atomic E-state index is 5.93. The van der Waals surface area contributed by atoms with Gasteiger partial charge in [-0.25, -0.2) is 9.67 Å². The quantitative estimate of drug-likeness (QED) is 0.271. The third-order valence-electron chi connectivity index (χ3n) is 3.95. The SMILES string of the molecule is COc1c(CN=C(N)NCCCN2CCOCC2)c(C)nn1C.I. The fourth-order valence-electron chi connectivity index (χ4n) is 2.68. The Bertz CT molecular complexity index is 528. The first-order valence-corrected chi connectivity index (χ1v) is 8.02. The summed E-state index contributed by atoms with van der Waals surface area (Å²) in [4.78, 5) is 6.78. The van der Waals surface area contributed by atoms with E-state index in [1.54, 1.807) is 11.8 Å². The van der Waals surface area contributed by atoms with E-state index in [2.05, 4.69) is 20.3 Å². The molecule has 1 saturated heterocycles. The lowest BCUT2D eigenvalue weighted by Crippen LogP contribution is -2.39. The maximum Gasteiger partial charge on any atom is 0.216 e. The zero-order chi connectivity index (χ0) is 16.7. The summed E-state index contributed by atoms with van der Waals surface area (Å²) in [5.74, 6) is 1.18. The van der Waals surface area contributed by atoms with Gasteiger partial charge in [0.25, 0.3) is 0 Å². The van der Waals surface area contributed by atoms with Gasteiger partial charge in [-0.3, -0.25) is 4.90 Å². The number of aryl methyl sites for hydroxylation is 2. The Morgan fingerprint density at radius 1 is 1.42 bits per heavy atom. The number of morpholine rings is 1. The lowest BCUT2D eigenvalue weighted by atomic mass is 10.2. The normalized spacial score (nSPS) is 15.9. The predicted molar refractivity (Wildman–Crippen MR) is 105 cm³/mol. The van der Waals surface area contributed by atoms with Gasteiger partial charge in [0.2, 0.25) is 5.88 Å². The van der Waals surface area contributed by atoms with Crippen LogP contribution in [-0.2, 0) is 18.3 Å². The van der Waals surface area contributed by atoms with Crippen molar-refractivity contribution in [2.75, 3.05) is 46.5 Å². The van der Waals surface area contributed by atoms with Crippen molar-refractivity contribution in [1.82, 2.24) is 20.0 Å². The average molecular weight is 452 g/mol. The van der Waals surface area contributed by atoms with E-state index in [0.29, 0.717) is 12.5 Å². The van der Waals surface area contributed by atoms with Crippen molar-refractivity contribution in [3.8, 4) is 5.88 Å². The van der Waals surface area contributed by atoms with Crippen molar-refractivity contribution in [2.45, 2.75) is 19.9 Å². The zero-order valence-corrected chi connectivity index (χ0v) is 17.1. The van der Waals surface area contributed by atoms with Crippen LogP contribution >= 0.6 is 24.0 Å². The number of nitrogens with zero attached hydrogens (tertiary/aromatic N) is 4. The van der Waals surface area contributed by atoms with E-state index in [1.807, 2.05) is 14.0 Å². The summed E-state index contributed by atoms with van der Waals surface area (Å²) >= 11 is 0. The number of guanidine groups is 1. The highest BCUT2D eigenvalue weighted by Gasteiger charge is 2.13. The Morgan fingerprint density at radius 3 is 2.79 bits per heavy atom. The molecule has 3 N–H and O–H groups in total. The Morgan fingerprint density at radius 2 is 2.12 bits per heavy atom. The number of nitrogens with one attached hydrogen (secondary N) is 1. The summed E-state index contributed by atoms with van der Waals surface area (Å²) in [5, 5.41) is 7.49. The van der Waals surface area contributed by atoms with Crippen LogP contribution in [0.15, 0.2) is 4.99 Å². The van der Waals surface area contributed by atoms with Gasteiger partial charge in [-0.1, -0.05) is 0 Å². The monoisotopic (exact) mass is 452 g/mol. The fourth-order valence-corrected chi connectivity index (χ4v) is 2.68. The number of hydrogen-bond donors (Lipinski definition) is 2. The molecule has 0 saturated carbocycles. The molecule has 0 spiro atoms. The molecule has 1 aliphatic heterocycles. The molecule has 1 aromatic heterocycles. The van der Waals surface area contributed by atoms with E-state index in [-0.39, 0.29) is 24.0 Å². The molecule has 2 rings (SSSR count). The molecule has 1 aliphatic rings. The molecule has 2 heterocycles. The third kappa shape index (κ3) is 6.10. The second kappa shape index (κ2) is 10.7. The Kier molecular flexibility index (Phi) is 9.37. The highest BCUT2D eigenvalue weighted by atomic mass is 127. The van der Waals surface area contributed by atoms with Gasteiger partial charge in [0.15, 0.2) is 5.96 Å². The van der Waals surface area contributed by atoms with E-state index >= 15 is 0 Å². The van der Waals surface area contributed by atoms with Gasteiger partial charge in [-0.2, -0.15) is 5.10 Å². The minimum Gasteiger partial charge on any atom is -0.481 e. The minimum atomic E-state index is 0. The Hall–Kier alpha value is -1.07. The average Bonchev–Trinajstić information content (AvgIpc) is 2.83. The number of methoxy groups -OCH3 is 1. The van der Waals surface area contributed by atoms with E-state index in [0.717, 1.165) is 63.0 Å². The first-order valence-electron chi connectivity index (χ1n) is 8.02. The standard InChI is InChI=1S/C15H28N6O2.HI/c1-12-13(14(22-3)20(2)19-12)11-18-15(16)17-5-4-6-21-7-9-23-10-8-21;/h4-11H2,1-3H3,(H3,16,17,18);1H. The molecule has 0 aliphatic carbocycles. The molecule has 0 bridgehead atoms. The first kappa shape index (κ1) is 21.0. The molecular weight excluding hydrogens is 423 g/mol. The summed E-state index contributed by atoms with van der Waals surface area (Å²) in [6.45, 7) is 7.99. The van der Waals surface area contributed by atoms with E-state index < -0.39 is 0 Å². The maximum atomic E-state index is 5.93. The van der Waals surface area contributed by atoms with E-state index in [9.17, 15) is 0 Å². The largest absolute Gasteiger partial charge is 0.481 e. The van der Waals surface area contributed by atoms with Gasteiger partial charge >= 0.3 is 0 Å². The number of rotatable bonds is 7. The summed E-state index contributed by atoms with van der Waals surface area (Å²) < 4.78 is 12.4. The molecule has 138 valence electrons. The molecule has 24 heavy (non-hydrogen) atoms. The summed E-state index contributed by atoms with van der Waals surface area (Å²) in [6.07, 6.45) is 1.03. The molecule has 1 fully saturated rings. The van der Waals surface area contributed by atoms with Crippen molar-refractivity contribution < 1.29 is 9.47 Å². The van der Waals surface area contributed by atoms with Gasteiger partial charge in [-0.05, 0) is 19.9 Å². The highest BCUT2D eigenvalue weighted by Crippen LogP contribution is 2.21. The van der Waals surface area contributed by atoms with Crippen LogP contribution in [0.4, 0.5) is 0 Å². The molecule has 0 amide bonds. The second-order valence-corrected chi connectivity index (χ2v) is 5.63. The summed E-state index contributed by atoms with van der Waals surface area (Å²) in [7, 11) is 3.49. The van der Waals surface area contributed by atoms with Crippen LogP contribution in [0.3, 0.4) is 0 Å². The van der Waals surface area contributed by atoms with Crippen molar-refractivity contribution in [3.63, 3.8) is 0 Å². The van der Waals surface area contributed by atoms with E-state index in [1.165, 1.54) is 0 Å². The lowest BCUT2D eigenvalue weighted by Gasteiger charge is -2.26. The number of nitrogens with two attached hydrogens (primary N) is 1. The van der Waals surface area contributed by atoms with Crippen LogP contribution in [0, 0.1) is 6.92 Å². The van der Waals surface area contributed by atoms with Gasteiger partial charge in [0.1, 0.15) is 0 Å². The van der Waals surface area contributed by atoms with Gasteiger partial charge in [0, 0.05) is 26.7 Å². The molecule has 0 atom stereocenters. The molecule has 0 aromatic carbocycles. The van der Waals surface area contributed by atoms with Crippen molar-refractivity contribution >= 4 is 29.9 Å². The zero-order valence-electron chi connectivity index (χ0n) is 14.7. The van der Waals surface area contributed by atoms with Crippen LogP contribution in [0.25, 0.3) is 0 Å². The number of aliphatic imine (C=N–C) groups is 1. The molecular formula is C15H29IN6O2. The second-order valence-electron chi connectivity index (χ2n) is 5.63. The summed E-state index contributed by atoms with van der Waals surface area (Å²) in [5.41, 5.74) is 7.80. The molecule has 8 nitrogen and oxygen atoms in total. The van der Waals surface area contributed by atoms with Crippen LogP contribution < -0.4 is 15.8 Å². The molecule has 0 radical (unpaired) electrons. The fraction of sp³-hybridized carbons (Fsp3) is 0.733. The molecule has 1 aromatic rings. The summed E-state index contributed by atoms with van der Waals surface area (Å²) in [6, 6.07) is 0. The van der Waals surface area contributed by atoms with Crippen LogP contribution in [-0.4, -0.2) is 67.1 Å². The number of hydrogen-bond acceptors (Lipinski definition) is 5. The van der Waals surface area contributed by atoms with Crippen LogP contribution in [0.1, 0.15) is 17.7 Å². The smallest absolute Gasteiger partial charge is 0.216 e. The molecule has 0 unspecified atom stereocenters. The van der Waals surface area contributed by atoms with E-state index in [4.69, 9.17) is 15.2 Å². The van der Waals surface area contributed by atoms with Gasteiger partial charge < -0.3 is 20.5 Å². The predicted octanol–water partition coefficient (Wildman–Crippen LogP) is 0.482. The first-order chi connectivity index (χ1) is 11.1. The third-order valence-corrected chi connectivity index (χ3v) is 3.95. The number of halogens is 1. The lowest BCUT2D eigenvalue weighted by molar-refractivity contribution is 0.0376. The van der Waals surface area contributed by atoms with Crippen molar-refractivity contribution in [3.05, 3.63) is 11.3 Å². The van der Waals surface area contributed by atoms with Crippen molar-refractivity contribution in [2.24, 2.45) is 17.8 Å².